The monoisotopic (exact) mass is 828 g/mol. The Kier molecular flexibility index (Phi) is 15.1. The number of ether oxygens (including phenoxy) is 2. The number of nitrogens with zero attached hydrogens (tertiary/aromatic N) is 2. The van der Waals surface area contributed by atoms with Crippen molar-refractivity contribution < 1.29 is 62.6 Å². The molecule has 20 heteroatoms. The molecular weight excluding hydrogens is 792 g/mol. The van der Waals surface area contributed by atoms with Crippen LogP contribution in [0.2, 0.25) is 0 Å². The largest absolute Gasteiger partial charge is 0.497 e. The van der Waals surface area contributed by atoms with Crippen LogP contribution in [0.25, 0.3) is 0 Å². The second-order valence-electron chi connectivity index (χ2n) is 11.8. The molecule has 0 aliphatic heterocycles. The topological polar surface area (TPSA) is 182 Å². The summed E-state index contributed by atoms with van der Waals surface area (Å²) in [5.74, 6) is -4.38. The van der Waals surface area contributed by atoms with E-state index in [0.29, 0.717) is 17.2 Å². The van der Waals surface area contributed by atoms with Crippen LogP contribution in [0, 0.1) is 11.6 Å². The van der Waals surface area contributed by atoms with E-state index in [1.807, 2.05) is 0 Å². The Morgan fingerprint density at radius 2 is 1.09 bits per heavy atom. The third kappa shape index (κ3) is 12.5. The fourth-order valence-electron chi connectivity index (χ4n) is 4.82. The van der Waals surface area contributed by atoms with Gasteiger partial charge in [-0.15, -0.1) is 0 Å². The van der Waals surface area contributed by atoms with Crippen molar-refractivity contribution in [3.05, 3.63) is 119 Å². The summed E-state index contributed by atoms with van der Waals surface area (Å²) in [4.78, 5) is 34.3. The maximum Gasteiger partial charge on any atom is 0.471 e. The first-order valence-corrected chi connectivity index (χ1v) is 19.7. The van der Waals surface area contributed by atoms with Gasteiger partial charge < -0.3 is 20.5 Å². The molecular formula is C36H37F5N4O9S2. The van der Waals surface area contributed by atoms with Gasteiger partial charge in [-0.1, -0.05) is 36.4 Å². The van der Waals surface area contributed by atoms with E-state index in [0.717, 1.165) is 45.4 Å². The molecule has 0 bridgehead atoms. The molecule has 0 radical (unpaired) electrons. The molecule has 4 aromatic carbocycles. The number of hydrogen-bond acceptors (Lipinski definition) is 10. The van der Waals surface area contributed by atoms with Crippen LogP contribution in [-0.2, 0) is 37.9 Å². The number of hydrogen-bond donors (Lipinski definition) is 2. The Morgan fingerprint density at radius 3 is 1.43 bits per heavy atom. The van der Waals surface area contributed by atoms with Crippen molar-refractivity contribution in [2.45, 2.75) is 19.3 Å². The number of rotatable bonds is 15. The van der Waals surface area contributed by atoms with Gasteiger partial charge in [0.25, 0.3) is 0 Å². The van der Waals surface area contributed by atoms with Crippen LogP contribution in [0.5, 0.6) is 11.5 Å². The first kappa shape index (κ1) is 44.8. The van der Waals surface area contributed by atoms with E-state index in [2.05, 4.69) is 0 Å². The number of halogens is 5. The third-order valence-corrected chi connectivity index (χ3v) is 9.99. The van der Waals surface area contributed by atoms with Gasteiger partial charge in [0.05, 0.1) is 64.3 Å². The SMILES string of the molecule is COc1cccc(N(Cc2ccc(C(=O)CN)cc2F)S(C)(=O)=O)c1.COc1cccc(N(Cc2ccc(C(=O)CNC(=O)C(F)(F)F)cc2F)S(C)(=O)=O)c1. The van der Waals surface area contributed by atoms with Gasteiger partial charge in [-0.25, -0.2) is 25.6 Å². The number of anilines is 2. The number of carbonyl (C=O) groups excluding carboxylic acids is 3. The highest BCUT2D eigenvalue weighted by molar-refractivity contribution is 7.92. The number of sulfonamides is 2. The maximum absolute atomic E-state index is 14.5. The predicted molar refractivity (Wildman–Crippen MR) is 198 cm³/mol. The van der Waals surface area contributed by atoms with Crippen LogP contribution in [0.15, 0.2) is 84.9 Å². The van der Waals surface area contributed by atoms with Crippen molar-refractivity contribution in [3.8, 4) is 11.5 Å². The number of methoxy groups -OCH3 is 2. The molecule has 0 aliphatic carbocycles. The second-order valence-corrected chi connectivity index (χ2v) is 15.6. The highest BCUT2D eigenvalue weighted by Crippen LogP contribution is 2.27. The minimum atomic E-state index is -5.15. The van der Waals surface area contributed by atoms with Gasteiger partial charge in [0.1, 0.15) is 23.1 Å². The Hall–Kier alpha value is -5.60. The van der Waals surface area contributed by atoms with Crippen LogP contribution >= 0.6 is 0 Å². The van der Waals surface area contributed by atoms with Crippen molar-refractivity contribution in [2.75, 3.05) is 48.4 Å². The zero-order valence-corrected chi connectivity index (χ0v) is 31.9. The van der Waals surface area contributed by atoms with E-state index in [1.165, 1.54) is 43.8 Å². The number of nitrogens with one attached hydrogen (secondary N) is 1. The molecule has 4 rings (SSSR count). The fourth-order valence-corrected chi connectivity index (χ4v) is 6.56. The molecule has 0 aromatic heterocycles. The summed E-state index contributed by atoms with van der Waals surface area (Å²) >= 11 is 0. The van der Waals surface area contributed by atoms with E-state index >= 15 is 0 Å². The van der Waals surface area contributed by atoms with E-state index < -0.39 is 68.4 Å². The number of nitrogens with two attached hydrogens (primary N) is 1. The lowest BCUT2D eigenvalue weighted by Gasteiger charge is -2.23. The van der Waals surface area contributed by atoms with Crippen LogP contribution < -0.4 is 29.1 Å². The van der Waals surface area contributed by atoms with Gasteiger partial charge in [-0.2, -0.15) is 13.2 Å². The van der Waals surface area contributed by atoms with Gasteiger partial charge in [-0.3, -0.25) is 23.0 Å². The van der Waals surface area contributed by atoms with Crippen molar-refractivity contribution in [2.24, 2.45) is 5.73 Å². The molecule has 0 atom stereocenters. The molecule has 13 nitrogen and oxygen atoms in total. The number of benzene rings is 4. The predicted octanol–water partition coefficient (Wildman–Crippen LogP) is 4.60. The highest BCUT2D eigenvalue weighted by atomic mass is 32.2. The standard InChI is InChI=1S/C19H18F4N2O5S.C17H19FN2O4S/c1-30-15-5-3-4-14(9-15)25(31(2,28)29)11-13-7-6-12(8-16(13)20)17(26)10-24-18(27)19(21,22)23;1-24-15-5-3-4-14(9-15)20(25(2,22)23)11-13-7-6-12(8-16(13)18)17(21)10-19/h3-9H,10-11H2,1-2H3,(H,24,27);3-9H,10-11,19H2,1-2H3. The van der Waals surface area contributed by atoms with E-state index in [4.69, 9.17) is 15.2 Å². The zero-order chi connectivity index (χ0) is 42.0. The van der Waals surface area contributed by atoms with Crippen LogP contribution in [-0.4, -0.2) is 80.3 Å². The van der Waals surface area contributed by atoms with Gasteiger partial charge in [0, 0.05) is 34.4 Å². The highest BCUT2D eigenvalue weighted by Gasteiger charge is 2.38. The number of amides is 1. The molecule has 0 unspecified atom stereocenters. The average Bonchev–Trinajstić information content (AvgIpc) is 3.14. The maximum atomic E-state index is 14.5. The zero-order valence-electron chi connectivity index (χ0n) is 30.3. The Bertz CT molecular complexity index is 2290. The Morgan fingerprint density at radius 1 is 0.679 bits per heavy atom. The molecule has 0 heterocycles. The summed E-state index contributed by atoms with van der Waals surface area (Å²) in [5.41, 5.74) is 5.76. The van der Waals surface area contributed by atoms with Gasteiger partial charge >= 0.3 is 12.1 Å². The van der Waals surface area contributed by atoms with Crippen molar-refractivity contribution in [1.82, 2.24) is 5.32 Å². The number of ketones is 2. The minimum absolute atomic E-state index is 0.0795. The molecule has 0 saturated carbocycles. The summed E-state index contributed by atoms with van der Waals surface area (Å²) in [6.07, 6.45) is -3.17. The molecule has 1 amide bonds. The quantitative estimate of drug-likeness (QED) is 0.127. The molecule has 56 heavy (non-hydrogen) atoms. The summed E-state index contributed by atoms with van der Waals surface area (Å²) in [5, 5.41) is 1.40. The number of alkyl halides is 3. The smallest absolute Gasteiger partial charge is 0.471 e. The first-order valence-electron chi connectivity index (χ1n) is 16.0. The van der Waals surface area contributed by atoms with Crippen LogP contribution in [0.1, 0.15) is 31.8 Å². The number of Topliss-reactive ketones (excluding diaryl/α,β-unsaturated/α-hetero) is 2. The summed E-state index contributed by atoms with van der Waals surface area (Å²) in [6, 6.07) is 19.5. The van der Waals surface area contributed by atoms with Gasteiger partial charge in [-0.05, 0) is 36.4 Å². The van der Waals surface area contributed by atoms with Crippen molar-refractivity contribution in [3.63, 3.8) is 0 Å². The van der Waals surface area contributed by atoms with Gasteiger partial charge in [0.15, 0.2) is 11.6 Å². The second kappa shape index (κ2) is 18.8. The van der Waals surface area contributed by atoms with Crippen molar-refractivity contribution in [1.29, 1.82) is 0 Å². The Balaban J connectivity index is 0.000000307. The minimum Gasteiger partial charge on any atom is -0.497 e. The van der Waals surface area contributed by atoms with Crippen molar-refractivity contribution >= 4 is 48.9 Å². The molecule has 302 valence electrons. The Labute approximate surface area is 319 Å². The summed E-state index contributed by atoms with van der Waals surface area (Å²) in [7, 11) is -4.62. The normalized spacial score (nSPS) is 11.5. The molecule has 0 aliphatic rings. The average molecular weight is 829 g/mol. The lowest BCUT2D eigenvalue weighted by molar-refractivity contribution is -0.173. The fraction of sp³-hybridized carbons (Fsp3) is 0.250. The third-order valence-electron chi connectivity index (χ3n) is 7.71. The molecule has 0 fully saturated rings. The lowest BCUT2D eigenvalue weighted by Crippen LogP contribution is -2.39. The van der Waals surface area contributed by atoms with Crippen LogP contribution in [0.3, 0.4) is 0 Å². The molecule has 0 saturated heterocycles. The van der Waals surface area contributed by atoms with E-state index in [9.17, 15) is 53.2 Å². The number of carbonyl (C=O) groups is 3. The first-order chi connectivity index (χ1) is 26.1. The lowest BCUT2D eigenvalue weighted by atomic mass is 10.1. The van der Waals surface area contributed by atoms with E-state index in [1.54, 1.807) is 36.4 Å². The van der Waals surface area contributed by atoms with Crippen LogP contribution in [0.4, 0.5) is 33.3 Å². The van der Waals surface area contributed by atoms with E-state index in [-0.39, 0.29) is 41.0 Å². The summed E-state index contributed by atoms with van der Waals surface area (Å²) < 4.78 is 126. The molecule has 3 N–H and O–H groups in total. The van der Waals surface area contributed by atoms with Gasteiger partial charge in [0.2, 0.25) is 20.0 Å². The summed E-state index contributed by atoms with van der Waals surface area (Å²) in [6.45, 7) is -1.82. The molecule has 4 aromatic rings. The molecule has 0 spiro atoms.